The number of carbonyl (C=O) groups is 1. The predicted octanol–water partition coefficient (Wildman–Crippen LogP) is 1.16. The molecule has 6 heteroatoms. The Labute approximate surface area is 112 Å². The summed E-state index contributed by atoms with van der Waals surface area (Å²) < 4.78 is 5.10. The standard InChI is InChI=1S/C13H21N3O3/c1-2-10(17)7-8-14-11(18)5-6-12-15-13(16-19-12)9-3-4-9/h9-10,17H,2-8H2,1H3,(H,14,18). The van der Waals surface area contributed by atoms with Crippen molar-refractivity contribution in [3.8, 4) is 0 Å². The number of aryl methyl sites for hydroxylation is 1. The molecule has 1 aliphatic carbocycles. The molecule has 1 atom stereocenters. The van der Waals surface area contributed by atoms with E-state index in [0.29, 0.717) is 44.0 Å². The van der Waals surface area contributed by atoms with E-state index in [1.165, 1.54) is 0 Å². The fourth-order valence-corrected chi connectivity index (χ4v) is 1.77. The van der Waals surface area contributed by atoms with Gasteiger partial charge in [0.2, 0.25) is 11.8 Å². The van der Waals surface area contributed by atoms with Crippen molar-refractivity contribution < 1.29 is 14.4 Å². The summed E-state index contributed by atoms with van der Waals surface area (Å²) in [6, 6.07) is 0. The molecule has 0 bridgehead atoms. The van der Waals surface area contributed by atoms with Gasteiger partial charge in [-0.1, -0.05) is 12.1 Å². The van der Waals surface area contributed by atoms with Gasteiger partial charge in [-0.15, -0.1) is 0 Å². The molecule has 0 spiro atoms. The highest BCUT2D eigenvalue weighted by Crippen LogP contribution is 2.38. The molecule has 0 aliphatic heterocycles. The van der Waals surface area contributed by atoms with Gasteiger partial charge in [0, 0.05) is 25.3 Å². The van der Waals surface area contributed by atoms with Crippen molar-refractivity contribution in [3.05, 3.63) is 11.7 Å². The average molecular weight is 267 g/mol. The number of nitrogens with one attached hydrogen (secondary N) is 1. The zero-order chi connectivity index (χ0) is 13.7. The van der Waals surface area contributed by atoms with Gasteiger partial charge >= 0.3 is 0 Å². The van der Waals surface area contributed by atoms with Gasteiger partial charge in [-0.25, -0.2) is 0 Å². The second-order valence-electron chi connectivity index (χ2n) is 5.02. The molecule has 1 aromatic heterocycles. The number of nitrogens with zero attached hydrogens (tertiary/aromatic N) is 2. The number of amides is 1. The first kappa shape index (κ1) is 14.0. The Morgan fingerprint density at radius 3 is 3.05 bits per heavy atom. The second-order valence-corrected chi connectivity index (χ2v) is 5.02. The number of aliphatic hydroxyl groups excluding tert-OH is 1. The van der Waals surface area contributed by atoms with E-state index in [1.807, 2.05) is 6.92 Å². The van der Waals surface area contributed by atoms with Crippen LogP contribution >= 0.6 is 0 Å². The summed E-state index contributed by atoms with van der Waals surface area (Å²) in [5, 5.41) is 16.0. The lowest BCUT2D eigenvalue weighted by Crippen LogP contribution is -2.27. The van der Waals surface area contributed by atoms with Crippen LogP contribution in [0.5, 0.6) is 0 Å². The van der Waals surface area contributed by atoms with Crippen molar-refractivity contribution in [3.63, 3.8) is 0 Å². The molecule has 1 aromatic rings. The van der Waals surface area contributed by atoms with Crippen molar-refractivity contribution in [2.24, 2.45) is 0 Å². The van der Waals surface area contributed by atoms with E-state index >= 15 is 0 Å². The molecular formula is C13H21N3O3. The first-order valence-electron chi connectivity index (χ1n) is 6.96. The molecular weight excluding hydrogens is 246 g/mol. The van der Waals surface area contributed by atoms with Crippen LogP contribution in [0.3, 0.4) is 0 Å². The van der Waals surface area contributed by atoms with Gasteiger partial charge in [-0.05, 0) is 25.7 Å². The summed E-state index contributed by atoms with van der Waals surface area (Å²) in [4.78, 5) is 15.8. The molecule has 106 valence electrons. The van der Waals surface area contributed by atoms with Crippen LogP contribution in [-0.4, -0.2) is 33.8 Å². The Bertz CT molecular complexity index is 415. The first-order valence-corrected chi connectivity index (χ1v) is 6.96. The Morgan fingerprint density at radius 2 is 2.37 bits per heavy atom. The zero-order valence-corrected chi connectivity index (χ0v) is 11.3. The highest BCUT2D eigenvalue weighted by Gasteiger charge is 2.28. The average Bonchev–Trinajstić information content (AvgIpc) is 3.15. The van der Waals surface area contributed by atoms with E-state index < -0.39 is 0 Å². The molecule has 1 fully saturated rings. The fourth-order valence-electron chi connectivity index (χ4n) is 1.77. The minimum atomic E-state index is -0.336. The number of aromatic nitrogens is 2. The second kappa shape index (κ2) is 6.65. The quantitative estimate of drug-likeness (QED) is 0.737. The summed E-state index contributed by atoms with van der Waals surface area (Å²) in [6.45, 7) is 2.42. The Hall–Kier alpha value is -1.43. The monoisotopic (exact) mass is 267 g/mol. The maximum atomic E-state index is 11.6. The van der Waals surface area contributed by atoms with Gasteiger partial charge in [0.05, 0.1) is 6.10 Å². The number of hydrogen-bond donors (Lipinski definition) is 2. The van der Waals surface area contributed by atoms with Crippen molar-refractivity contribution in [1.29, 1.82) is 0 Å². The fraction of sp³-hybridized carbons (Fsp3) is 0.769. The third-order valence-electron chi connectivity index (χ3n) is 3.26. The van der Waals surface area contributed by atoms with Crippen molar-refractivity contribution >= 4 is 5.91 Å². The van der Waals surface area contributed by atoms with E-state index in [2.05, 4.69) is 15.5 Å². The highest BCUT2D eigenvalue weighted by atomic mass is 16.5. The molecule has 2 N–H and O–H groups in total. The number of rotatable bonds is 8. The van der Waals surface area contributed by atoms with Gasteiger partial charge in [-0.2, -0.15) is 4.98 Å². The Balaban J connectivity index is 1.62. The molecule has 0 saturated heterocycles. The van der Waals surface area contributed by atoms with Crippen LogP contribution in [0.25, 0.3) is 0 Å². The highest BCUT2D eigenvalue weighted by molar-refractivity contribution is 5.75. The molecule has 1 amide bonds. The minimum Gasteiger partial charge on any atom is -0.393 e. The summed E-state index contributed by atoms with van der Waals surface area (Å²) in [7, 11) is 0. The molecule has 1 aliphatic rings. The lowest BCUT2D eigenvalue weighted by Gasteiger charge is -2.08. The molecule has 0 radical (unpaired) electrons. The van der Waals surface area contributed by atoms with E-state index in [4.69, 9.17) is 4.52 Å². The minimum absolute atomic E-state index is 0.0468. The van der Waals surface area contributed by atoms with Crippen molar-refractivity contribution in [2.45, 2.75) is 57.5 Å². The third kappa shape index (κ3) is 4.63. The van der Waals surface area contributed by atoms with Crippen LogP contribution in [0.4, 0.5) is 0 Å². The van der Waals surface area contributed by atoms with Gasteiger partial charge in [-0.3, -0.25) is 4.79 Å². The smallest absolute Gasteiger partial charge is 0.227 e. The maximum Gasteiger partial charge on any atom is 0.227 e. The molecule has 2 rings (SSSR count). The molecule has 1 unspecified atom stereocenters. The summed E-state index contributed by atoms with van der Waals surface area (Å²) in [5.41, 5.74) is 0. The molecule has 6 nitrogen and oxygen atoms in total. The van der Waals surface area contributed by atoms with Gasteiger partial charge in [0.15, 0.2) is 5.82 Å². The largest absolute Gasteiger partial charge is 0.393 e. The molecule has 19 heavy (non-hydrogen) atoms. The van der Waals surface area contributed by atoms with Crippen LogP contribution in [-0.2, 0) is 11.2 Å². The molecule has 1 heterocycles. The summed E-state index contributed by atoms with van der Waals surface area (Å²) >= 11 is 0. The normalized spacial score (nSPS) is 16.3. The SMILES string of the molecule is CCC(O)CCNC(=O)CCc1nc(C2CC2)no1. The van der Waals surface area contributed by atoms with Crippen LogP contribution in [0.2, 0.25) is 0 Å². The number of aliphatic hydroxyl groups is 1. The summed E-state index contributed by atoms with van der Waals surface area (Å²) in [6.07, 6.45) is 4.06. The van der Waals surface area contributed by atoms with Gasteiger partial charge in [0.1, 0.15) is 0 Å². The first-order chi connectivity index (χ1) is 9.19. The zero-order valence-electron chi connectivity index (χ0n) is 11.3. The number of hydrogen-bond acceptors (Lipinski definition) is 5. The van der Waals surface area contributed by atoms with E-state index in [-0.39, 0.29) is 12.0 Å². The van der Waals surface area contributed by atoms with Gasteiger partial charge < -0.3 is 14.9 Å². The third-order valence-corrected chi connectivity index (χ3v) is 3.26. The van der Waals surface area contributed by atoms with Crippen molar-refractivity contribution in [2.75, 3.05) is 6.54 Å². The lowest BCUT2D eigenvalue weighted by atomic mass is 10.2. The van der Waals surface area contributed by atoms with Gasteiger partial charge in [0.25, 0.3) is 0 Å². The lowest BCUT2D eigenvalue weighted by molar-refractivity contribution is -0.121. The Kier molecular flexibility index (Phi) is 4.90. The van der Waals surface area contributed by atoms with E-state index in [1.54, 1.807) is 0 Å². The molecule has 1 saturated carbocycles. The molecule has 0 aromatic carbocycles. The Morgan fingerprint density at radius 1 is 1.58 bits per heavy atom. The topological polar surface area (TPSA) is 88.2 Å². The van der Waals surface area contributed by atoms with Crippen LogP contribution < -0.4 is 5.32 Å². The summed E-state index contributed by atoms with van der Waals surface area (Å²) in [5.74, 6) is 1.74. The van der Waals surface area contributed by atoms with Crippen LogP contribution in [0, 0.1) is 0 Å². The predicted molar refractivity (Wildman–Crippen MR) is 68.5 cm³/mol. The maximum absolute atomic E-state index is 11.6. The van der Waals surface area contributed by atoms with Crippen LogP contribution in [0.1, 0.15) is 56.7 Å². The van der Waals surface area contributed by atoms with E-state index in [9.17, 15) is 9.90 Å². The number of carbonyl (C=O) groups excluding carboxylic acids is 1. The van der Waals surface area contributed by atoms with Crippen molar-refractivity contribution in [1.82, 2.24) is 15.5 Å². The van der Waals surface area contributed by atoms with Crippen LogP contribution in [0.15, 0.2) is 4.52 Å². The van der Waals surface area contributed by atoms with E-state index in [0.717, 1.165) is 18.7 Å².